The first-order chi connectivity index (χ1) is 15.2. The Hall–Kier alpha value is -2.13. The molecule has 7 heteroatoms. The highest BCUT2D eigenvalue weighted by Gasteiger charge is 2.25. The number of benzene rings is 2. The molecule has 0 bridgehead atoms. The standard InChI is InChI=1S/C25H34N4O2.HI/c1-3-8-24(30)28-23-12-7-11-21(15-23)16-27-25(26-2)29-14-13-22(17-29)19-31-18-20-9-5-4-6-10-20;/h4-7,9-12,15,22H,3,8,13-14,16-19H2,1-2H3,(H,26,27)(H,28,30);1H. The van der Waals surface area contributed by atoms with E-state index in [-0.39, 0.29) is 29.9 Å². The van der Waals surface area contributed by atoms with E-state index in [0.29, 0.717) is 25.5 Å². The summed E-state index contributed by atoms with van der Waals surface area (Å²) < 4.78 is 5.94. The fraction of sp³-hybridized carbons (Fsp3) is 0.440. The molecule has 1 aliphatic rings. The molecule has 1 fully saturated rings. The zero-order chi connectivity index (χ0) is 21.9. The van der Waals surface area contributed by atoms with Gasteiger partial charge in [0.15, 0.2) is 5.96 Å². The number of nitrogens with one attached hydrogen (secondary N) is 2. The van der Waals surface area contributed by atoms with E-state index in [9.17, 15) is 4.79 Å². The molecule has 1 atom stereocenters. The summed E-state index contributed by atoms with van der Waals surface area (Å²) in [5.74, 6) is 1.48. The van der Waals surface area contributed by atoms with E-state index < -0.39 is 0 Å². The number of carbonyl (C=O) groups excluding carboxylic acids is 1. The molecule has 1 amide bonds. The molecule has 3 rings (SSSR count). The van der Waals surface area contributed by atoms with Crippen LogP contribution in [-0.2, 0) is 22.7 Å². The molecular weight excluding hydrogens is 515 g/mol. The zero-order valence-corrected chi connectivity index (χ0v) is 21.4. The number of hydrogen-bond donors (Lipinski definition) is 2. The van der Waals surface area contributed by atoms with Crippen LogP contribution in [0.25, 0.3) is 0 Å². The van der Waals surface area contributed by atoms with Gasteiger partial charge in [0.1, 0.15) is 0 Å². The highest BCUT2D eigenvalue weighted by Crippen LogP contribution is 2.18. The summed E-state index contributed by atoms with van der Waals surface area (Å²) in [6.45, 7) is 6.02. The van der Waals surface area contributed by atoms with Crippen LogP contribution in [0.1, 0.15) is 37.3 Å². The second-order valence-electron chi connectivity index (χ2n) is 8.00. The van der Waals surface area contributed by atoms with Crippen LogP contribution in [-0.4, -0.2) is 43.5 Å². The van der Waals surface area contributed by atoms with Crippen molar-refractivity contribution in [3.05, 3.63) is 65.7 Å². The third-order valence-electron chi connectivity index (χ3n) is 5.40. The Morgan fingerprint density at radius 3 is 2.69 bits per heavy atom. The van der Waals surface area contributed by atoms with E-state index in [4.69, 9.17) is 4.74 Å². The molecular formula is C25H35IN4O2. The van der Waals surface area contributed by atoms with Crippen LogP contribution in [0, 0.1) is 5.92 Å². The second-order valence-corrected chi connectivity index (χ2v) is 8.00. The molecule has 0 spiro atoms. The predicted molar refractivity (Wildman–Crippen MR) is 141 cm³/mol. The van der Waals surface area contributed by atoms with Gasteiger partial charge in [-0.2, -0.15) is 0 Å². The van der Waals surface area contributed by atoms with Crippen LogP contribution >= 0.6 is 24.0 Å². The third-order valence-corrected chi connectivity index (χ3v) is 5.40. The molecule has 1 saturated heterocycles. The summed E-state index contributed by atoms with van der Waals surface area (Å²) in [7, 11) is 1.82. The SMILES string of the molecule is CCCC(=O)Nc1cccc(CNC(=NC)N2CCC(COCc3ccccc3)C2)c1.I. The van der Waals surface area contributed by atoms with Crippen molar-refractivity contribution in [3.63, 3.8) is 0 Å². The number of aliphatic imine (C=N–C) groups is 1. The molecule has 0 aromatic heterocycles. The molecule has 0 radical (unpaired) electrons. The van der Waals surface area contributed by atoms with E-state index in [1.165, 1.54) is 5.56 Å². The molecule has 32 heavy (non-hydrogen) atoms. The Balaban J connectivity index is 0.00000363. The van der Waals surface area contributed by atoms with Crippen LogP contribution < -0.4 is 10.6 Å². The lowest BCUT2D eigenvalue weighted by atomic mass is 10.1. The van der Waals surface area contributed by atoms with Gasteiger partial charge in [-0.15, -0.1) is 24.0 Å². The summed E-state index contributed by atoms with van der Waals surface area (Å²) in [6.07, 6.45) is 2.49. The summed E-state index contributed by atoms with van der Waals surface area (Å²) in [6, 6.07) is 18.3. The van der Waals surface area contributed by atoms with E-state index in [2.05, 4.69) is 38.7 Å². The molecule has 174 valence electrons. The average molecular weight is 550 g/mol. The van der Waals surface area contributed by atoms with Gasteiger partial charge < -0.3 is 20.3 Å². The van der Waals surface area contributed by atoms with Gasteiger partial charge >= 0.3 is 0 Å². The molecule has 1 heterocycles. The number of guanidine groups is 1. The second kappa shape index (κ2) is 14.1. The lowest BCUT2D eigenvalue weighted by Crippen LogP contribution is -2.39. The molecule has 6 nitrogen and oxygen atoms in total. The number of ether oxygens (including phenoxy) is 1. The van der Waals surface area contributed by atoms with Crippen molar-refractivity contribution in [2.45, 2.75) is 39.3 Å². The normalized spacial score (nSPS) is 15.9. The summed E-state index contributed by atoms with van der Waals surface area (Å²) in [5.41, 5.74) is 3.16. The molecule has 0 saturated carbocycles. The molecule has 2 aromatic carbocycles. The van der Waals surface area contributed by atoms with Crippen LogP contribution in [0.2, 0.25) is 0 Å². The molecule has 1 unspecified atom stereocenters. The van der Waals surface area contributed by atoms with Crippen molar-refractivity contribution in [2.24, 2.45) is 10.9 Å². The van der Waals surface area contributed by atoms with E-state index >= 15 is 0 Å². The maximum absolute atomic E-state index is 11.8. The van der Waals surface area contributed by atoms with Crippen molar-refractivity contribution in [1.82, 2.24) is 10.2 Å². The van der Waals surface area contributed by atoms with Gasteiger partial charge in [0.2, 0.25) is 5.91 Å². The fourth-order valence-electron chi connectivity index (χ4n) is 3.80. The lowest BCUT2D eigenvalue weighted by Gasteiger charge is -2.22. The largest absolute Gasteiger partial charge is 0.376 e. The monoisotopic (exact) mass is 550 g/mol. The molecule has 2 N–H and O–H groups in total. The third kappa shape index (κ3) is 8.43. The summed E-state index contributed by atoms with van der Waals surface area (Å²) >= 11 is 0. The Bertz CT molecular complexity index is 860. The maximum atomic E-state index is 11.8. The van der Waals surface area contributed by atoms with Gasteiger partial charge in [-0.1, -0.05) is 49.4 Å². The minimum atomic E-state index is 0. The average Bonchev–Trinajstić information content (AvgIpc) is 3.24. The van der Waals surface area contributed by atoms with Crippen LogP contribution in [0.4, 0.5) is 5.69 Å². The first kappa shape index (κ1) is 26.1. The van der Waals surface area contributed by atoms with E-state index in [1.807, 2.05) is 50.4 Å². The Kier molecular flexibility index (Phi) is 11.5. The van der Waals surface area contributed by atoms with Crippen LogP contribution in [0.5, 0.6) is 0 Å². The van der Waals surface area contributed by atoms with Gasteiger partial charge in [0.25, 0.3) is 0 Å². The number of amides is 1. The first-order valence-electron chi connectivity index (χ1n) is 11.1. The van der Waals surface area contributed by atoms with E-state index in [0.717, 1.165) is 49.7 Å². The van der Waals surface area contributed by atoms with Crippen molar-refractivity contribution >= 4 is 41.5 Å². The minimum absolute atomic E-state index is 0. The summed E-state index contributed by atoms with van der Waals surface area (Å²) in [5, 5.41) is 6.41. The van der Waals surface area contributed by atoms with Gasteiger partial charge in [-0.05, 0) is 36.1 Å². The Morgan fingerprint density at radius 1 is 1.16 bits per heavy atom. The fourth-order valence-corrected chi connectivity index (χ4v) is 3.80. The van der Waals surface area contributed by atoms with Crippen molar-refractivity contribution in [1.29, 1.82) is 0 Å². The number of nitrogens with zero attached hydrogens (tertiary/aromatic N) is 2. The predicted octanol–water partition coefficient (Wildman–Crippen LogP) is 4.66. The van der Waals surface area contributed by atoms with E-state index in [1.54, 1.807) is 0 Å². The van der Waals surface area contributed by atoms with Crippen LogP contribution in [0.3, 0.4) is 0 Å². The molecule has 1 aliphatic heterocycles. The van der Waals surface area contributed by atoms with Gasteiger partial charge in [0, 0.05) is 44.7 Å². The minimum Gasteiger partial charge on any atom is -0.376 e. The number of hydrogen-bond acceptors (Lipinski definition) is 3. The summed E-state index contributed by atoms with van der Waals surface area (Å²) in [4.78, 5) is 18.6. The smallest absolute Gasteiger partial charge is 0.224 e. The number of anilines is 1. The van der Waals surface area contributed by atoms with Crippen molar-refractivity contribution in [2.75, 3.05) is 32.1 Å². The highest BCUT2D eigenvalue weighted by atomic mass is 127. The van der Waals surface area contributed by atoms with Gasteiger partial charge in [0.05, 0.1) is 13.2 Å². The highest BCUT2D eigenvalue weighted by molar-refractivity contribution is 14.0. The zero-order valence-electron chi connectivity index (χ0n) is 19.0. The first-order valence-corrected chi connectivity index (χ1v) is 11.1. The number of carbonyl (C=O) groups is 1. The maximum Gasteiger partial charge on any atom is 0.224 e. The number of halogens is 1. The van der Waals surface area contributed by atoms with Crippen molar-refractivity contribution in [3.8, 4) is 0 Å². The quantitative estimate of drug-likeness (QED) is 0.271. The lowest BCUT2D eigenvalue weighted by molar-refractivity contribution is -0.116. The number of rotatable bonds is 9. The van der Waals surface area contributed by atoms with Crippen molar-refractivity contribution < 1.29 is 9.53 Å². The molecule has 0 aliphatic carbocycles. The Morgan fingerprint density at radius 2 is 1.94 bits per heavy atom. The van der Waals surface area contributed by atoms with Gasteiger partial charge in [-0.25, -0.2) is 0 Å². The van der Waals surface area contributed by atoms with Crippen LogP contribution in [0.15, 0.2) is 59.6 Å². The number of likely N-dealkylation sites (tertiary alicyclic amines) is 1. The molecule has 2 aromatic rings. The van der Waals surface area contributed by atoms with Gasteiger partial charge in [-0.3, -0.25) is 9.79 Å². The topological polar surface area (TPSA) is 66.0 Å². The Labute approximate surface area is 208 Å².